The van der Waals surface area contributed by atoms with Crippen LogP contribution in [0.5, 0.6) is 0 Å². The maximum absolute atomic E-state index is 11.6. The van der Waals surface area contributed by atoms with Gasteiger partial charge in [-0.25, -0.2) is 0 Å². The number of cyclic esters (lactones) is 2. The first-order valence-electron chi connectivity index (χ1n) is 8.15. The van der Waals surface area contributed by atoms with E-state index in [1.807, 2.05) is 0 Å². The number of allylic oxidation sites excluding steroid dienone is 1. The number of rotatable bonds is 6. The largest absolute Gasteiger partial charge is 0.393 e. The van der Waals surface area contributed by atoms with Crippen LogP contribution in [-0.2, 0) is 14.3 Å². The molecule has 1 aliphatic rings. The van der Waals surface area contributed by atoms with Gasteiger partial charge in [-0.05, 0) is 35.5 Å². The third-order valence-corrected chi connectivity index (χ3v) is 5.18. The van der Waals surface area contributed by atoms with Crippen LogP contribution in [0.1, 0.15) is 74.1 Å². The van der Waals surface area contributed by atoms with Gasteiger partial charge in [0, 0.05) is 0 Å². The lowest BCUT2D eigenvalue weighted by atomic mass is 9.61. The van der Waals surface area contributed by atoms with Crippen molar-refractivity contribution in [2.45, 2.75) is 74.1 Å². The van der Waals surface area contributed by atoms with Crippen LogP contribution in [0.4, 0.5) is 0 Å². The Balaban J connectivity index is 2.62. The van der Waals surface area contributed by atoms with Gasteiger partial charge in [0.15, 0.2) is 0 Å². The molecular weight excluding hydrogens is 276 g/mol. The second-order valence-electron chi connectivity index (χ2n) is 9.30. The number of hydrogen-bond acceptors (Lipinski definition) is 3. The molecule has 1 rings (SSSR count). The minimum Gasteiger partial charge on any atom is -0.393 e. The van der Waals surface area contributed by atoms with Crippen molar-refractivity contribution in [3.8, 4) is 0 Å². The van der Waals surface area contributed by atoms with E-state index in [4.69, 9.17) is 0 Å². The third-order valence-electron chi connectivity index (χ3n) is 5.18. The minimum atomic E-state index is -0.407. The van der Waals surface area contributed by atoms with Crippen molar-refractivity contribution in [2.24, 2.45) is 22.2 Å². The summed E-state index contributed by atoms with van der Waals surface area (Å²) in [7, 11) is 0. The maximum Gasteiger partial charge on any atom is 0.317 e. The molecule has 1 atom stereocenters. The van der Waals surface area contributed by atoms with Crippen LogP contribution in [-0.4, -0.2) is 11.9 Å². The molecule has 1 aliphatic heterocycles. The number of esters is 2. The lowest BCUT2D eigenvalue weighted by Gasteiger charge is -2.44. The topological polar surface area (TPSA) is 43.4 Å². The highest BCUT2D eigenvalue weighted by Gasteiger charge is 2.39. The van der Waals surface area contributed by atoms with Gasteiger partial charge in [0.1, 0.15) is 0 Å². The summed E-state index contributed by atoms with van der Waals surface area (Å²) in [5, 5.41) is 0. The highest BCUT2D eigenvalue weighted by Crippen LogP contribution is 2.48. The second kappa shape index (κ2) is 6.17. The van der Waals surface area contributed by atoms with E-state index >= 15 is 0 Å². The van der Waals surface area contributed by atoms with Gasteiger partial charge in [-0.2, -0.15) is 0 Å². The Hall–Kier alpha value is -1.12. The van der Waals surface area contributed by atoms with Crippen molar-refractivity contribution in [2.75, 3.05) is 0 Å². The SMILES string of the molecule is C=C(CC1CC(=O)OC1=O)CC(C)(C)CC(C)(C)C(C)(C)C. The molecule has 0 saturated carbocycles. The number of carbonyl (C=O) groups is 2. The molecule has 0 spiro atoms. The van der Waals surface area contributed by atoms with Crippen molar-refractivity contribution in [1.82, 2.24) is 0 Å². The van der Waals surface area contributed by atoms with Gasteiger partial charge in [0.25, 0.3) is 0 Å². The molecule has 0 N–H and O–H groups in total. The second-order valence-corrected chi connectivity index (χ2v) is 9.30. The fourth-order valence-electron chi connectivity index (χ4n) is 3.30. The van der Waals surface area contributed by atoms with Crippen molar-refractivity contribution in [3.05, 3.63) is 12.2 Å². The fourth-order valence-corrected chi connectivity index (χ4v) is 3.30. The molecule has 3 heteroatoms. The van der Waals surface area contributed by atoms with Crippen LogP contribution in [0.15, 0.2) is 12.2 Å². The van der Waals surface area contributed by atoms with E-state index in [1.54, 1.807) is 0 Å². The van der Waals surface area contributed by atoms with E-state index in [-0.39, 0.29) is 34.6 Å². The average Bonchev–Trinajstić information content (AvgIpc) is 2.52. The molecule has 0 aromatic carbocycles. The molecule has 0 bridgehead atoms. The number of hydrogen-bond donors (Lipinski definition) is 0. The van der Waals surface area contributed by atoms with Crippen LogP contribution in [0.3, 0.4) is 0 Å². The Morgan fingerprint density at radius 3 is 2.09 bits per heavy atom. The Morgan fingerprint density at radius 1 is 1.14 bits per heavy atom. The van der Waals surface area contributed by atoms with Crippen LogP contribution >= 0.6 is 0 Å². The maximum atomic E-state index is 11.6. The number of ether oxygens (including phenoxy) is 1. The predicted molar refractivity (Wildman–Crippen MR) is 89.2 cm³/mol. The van der Waals surface area contributed by atoms with Crippen molar-refractivity contribution < 1.29 is 14.3 Å². The molecule has 0 aromatic heterocycles. The van der Waals surface area contributed by atoms with Gasteiger partial charge < -0.3 is 4.74 Å². The van der Waals surface area contributed by atoms with Crippen molar-refractivity contribution in [1.29, 1.82) is 0 Å². The smallest absolute Gasteiger partial charge is 0.317 e. The summed E-state index contributed by atoms with van der Waals surface area (Å²) >= 11 is 0. The molecular formula is C19H32O3. The zero-order valence-corrected chi connectivity index (χ0v) is 15.3. The summed E-state index contributed by atoms with van der Waals surface area (Å²) < 4.78 is 4.61. The van der Waals surface area contributed by atoms with Gasteiger partial charge in [-0.3, -0.25) is 9.59 Å². The zero-order chi connectivity index (χ0) is 17.3. The van der Waals surface area contributed by atoms with Gasteiger partial charge in [-0.15, -0.1) is 0 Å². The van der Waals surface area contributed by atoms with E-state index in [0.717, 1.165) is 18.4 Å². The monoisotopic (exact) mass is 308 g/mol. The van der Waals surface area contributed by atoms with Gasteiger partial charge in [0.05, 0.1) is 12.3 Å². The quantitative estimate of drug-likeness (QED) is 0.398. The Bertz CT molecular complexity index is 464. The van der Waals surface area contributed by atoms with E-state index in [2.05, 4.69) is 59.8 Å². The summed E-state index contributed by atoms with van der Waals surface area (Å²) in [5.74, 6) is -1.12. The highest BCUT2D eigenvalue weighted by molar-refractivity contribution is 5.94. The minimum absolute atomic E-state index is 0.111. The molecule has 0 aliphatic carbocycles. The van der Waals surface area contributed by atoms with Gasteiger partial charge in [-0.1, -0.05) is 60.6 Å². The summed E-state index contributed by atoms with van der Waals surface area (Å²) in [5.41, 5.74) is 1.58. The molecule has 1 unspecified atom stereocenters. The van der Waals surface area contributed by atoms with Gasteiger partial charge >= 0.3 is 11.9 Å². The van der Waals surface area contributed by atoms with E-state index in [0.29, 0.717) is 6.42 Å². The zero-order valence-electron chi connectivity index (χ0n) is 15.3. The normalized spacial score (nSPS) is 20.2. The first kappa shape index (κ1) is 18.9. The van der Waals surface area contributed by atoms with Crippen molar-refractivity contribution >= 4 is 11.9 Å². The molecule has 126 valence electrons. The summed E-state index contributed by atoms with van der Waals surface area (Å²) in [6, 6.07) is 0. The molecule has 3 nitrogen and oxygen atoms in total. The average molecular weight is 308 g/mol. The summed E-state index contributed by atoms with van der Waals surface area (Å²) in [4.78, 5) is 22.7. The third kappa shape index (κ3) is 4.96. The van der Waals surface area contributed by atoms with Crippen LogP contribution in [0.25, 0.3) is 0 Å². The van der Waals surface area contributed by atoms with Crippen LogP contribution in [0.2, 0.25) is 0 Å². The van der Waals surface area contributed by atoms with Crippen LogP contribution < -0.4 is 0 Å². The first-order chi connectivity index (χ1) is 9.73. The Kier molecular flexibility index (Phi) is 5.31. The molecule has 0 aromatic rings. The van der Waals surface area contributed by atoms with E-state index in [9.17, 15) is 9.59 Å². The standard InChI is InChI=1S/C19H32O3/c1-13(9-14-10-15(20)22-16(14)21)11-18(5,6)12-19(7,8)17(2,3)4/h14H,1,9-12H2,2-8H3. The fraction of sp³-hybridized carbons (Fsp3) is 0.789. The predicted octanol–water partition coefficient (Wildman–Crippen LogP) is 4.90. The number of carbonyl (C=O) groups excluding carboxylic acids is 2. The van der Waals surface area contributed by atoms with Crippen LogP contribution in [0, 0.1) is 22.2 Å². The van der Waals surface area contributed by atoms with E-state index in [1.165, 1.54) is 0 Å². The first-order valence-corrected chi connectivity index (χ1v) is 8.15. The van der Waals surface area contributed by atoms with Gasteiger partial charge in [0.2, 0.25) is 0 Å². The lowest BCUT2D eigenvalue weighted by molar-refractivity contribution is -0.153. The molecule has 0 amide bonds. The highest BCUT2D eigenvalue weighted by atomic mass is 16.6. The Labute approximate surface area is 135 Å². The molecule has 1 saturated heterocycles. The van der Waals surface area contributed by atoms with Crippen molar-refractivity contribution in [3.63, 3.8) is 0 Å². The molecule has 1 fully saturated rings. The Morgan fingerprint density at radius 2 is 1.68 bits per heavy atom. The molecule has 1 heterocycles. The summed E-state index contributed by atoms with van der Waals surface area (Å²) in [6.07, 6.45) is 2.71. The summed E-state index contributed by atoms with van der Waals surface area (Å²) in [6.45, 7) is 20.1. The molecule has 22 heavy (non-hydrogen) atoms. The lowest BCUT2D eigenvalue weighted by Crippen LogP contribution is -2.34. The van der Waals surface area contributed by atoms with E-state index < -0.39 is 5.97 Å². The molecule has 0 radical (unpaired) electrons.